The van der Waals surface area contributed by atoms with Gasteiger partial charge >= 0.3 is 0 Å². The molecule has 0 aliphatic heterocycles. The first-order valence-corrected chi connectivity index (χ1v) is 10.1. The molecule has 1 nitrogen and oxygen atoms in total. The van der Waals surface area contributed by atoms with E-state index >= 15 is 0 Å². The molecule has 0 amide bonds. The fourth-order valence-corrected chi connectivity index (χ4v) is 4.31. The molecule has 0 aromatic rings. The Morgan fingerprint density at radius 1 is 1.20 bits per heavy atom. The molecule has 0 atom stereocenters. The van der Waals surface area contributed by atoms with Gasteiger partial charge in [0.25, 0.3) is 0 Å². The van der Waals surface area contributed by atoms with Crippen LogP contribution in [0.25, 0.3) is 0 Å². The van der Waals surface area contributed by atoms with E-state index in [1.54, 1.807) is 0 Å². The standard InChI is InChI=1S/C18H37NS/c1-5-7-8-17-9-11-18(12-10-17,13-14-20-6-2)15-19-16(3)4/h16-17,19H,5-15H2,1-4H3. The van der Waals surface area contributed by atoms with Crippen molar-refractivity contribution in [1.29, 1.82) is 0 Å². The Labute approximate surface area is 132 Å². The van der Waals surface area contributed by atoms with Gasteiger partial charge in [-0.15, -0.1) is 0 Å². The number of rotatable bonds is 10. The van der Waals surface area contributed by atoms with Gasteiger partial charge in [-0.3, -0.25) is 0 Å². The van der Waals surface area contributed by atoms with Crippen LogP contribution in [0.2, 0.25) is 0 Å². The molecule has 2 heteroatoms. The van der Waals surface area contributed by atoms with Gasteiger partial charge < -0.3 is 5.32 Å². The summed E-state index contributed by atoms with van der Waals surface area (Å²) in [7, 11) is 0. The van der Waals surface area contributed by atoms with Gasteiger partial charge in [-0.25, -0.2) is 0 Å². The second-order valence-electron chi connectivity index (χ2n) is 7.07. The molecule has 0 unspecified atom stereocenters. The Morgan fingerprint density at radius 3 is 2.45 bits per heavy atom. The predicted octanol–water partition coefficient (Wildman–Crippen LogP) is 5.49. The van der Waals surface area contributed by atoms with Crippen molar-refractivity contribution in [2.24, 2.45) is 11.3 Å². The number of hydrogen-bond acceptors (Lipinski definition) is 2. The fourth-order valence-electron chi connectivity index (χ4n) is 3.44. The third-order valence-corrected chi connectivity index (χ3v) is 5.90. The van der Waals surface area contributed by atoms with Crippen LogP contribution in [0.5, 0.6) is 0 Å². The third-order valence-electron chi connectivity index (χ3n) is 5.00. The van der Waals surface area contributed by atoms with Crippen LogP contribution in [0.3, 0.4) is 0 Å². The number of hydrogen-bond donors (Lipinski definition) is 1. The zero-order valence-corrected chi connectivity index (χ0v) is 15.2. The van der Waals surface area contributed by atoms with Crippen LogP contribution in [-0.2, 0) is 0 Å². The van der Waals surface area contributed by atoms with Gasteiger partial charge in [0.2, 0.25) is 0 Å². The summed E-state index contributed by atoms with van der Waals surface area (Å²) >= 11 is 2.12. The van der Waals surface area contributed by atoms with Crippen LogP contribution in [-0.4, -0.2) is 24.1 Å². The van der Waals surface area contributed by atoms with Crippen molar-refractivity contribution in [3.8, 4) is 0 Å². The van der Waals surface area contributed by atoms with Gasteiger partial charge in [-0.1, -0.05) is 47.0 Å². The minimum atomic E-state index is 0.606. The Bertz CT molecular complexity index is 232. The lowest BCUT2D eigenvalue weighted by Crippen LogP contribution is -2.40. The maximum Gasteiger partial charge on any atom is 0.00106 e. The summed E-state index contributed by atoms with van der Waals surface area (Å²) in [6.45, 7) is 10.4. The summed E-state index contributed by atoms with van der Waals surface area (Å²) in [4.78, 5) is 0. The van der Waals surface area contributed by atoms with E-state index in [0.29, 0.717) is 11.5 Å². The van der Waals surface area contributed by atoms with Crippen LogP contribution >= 0.6 is 11.8 Å². The van der Waals surface area contributed by atoms with Crippen molar-refractivity contribution in [3.05, 3.63) is 0 Å². The van der Waals surface area contributed by atoms with E-state index in [9.17, 15) is 0 Å². The van der Waals surface area contributed by atoms with Crippen molar-refractivity contribution in [3.63, 3.8) is 0 Å². The second kappa shape index (κ2) is 10.1. The van der Waals surface area contributed by atoms with Gasteiger partial charge in [0.15, 0.2) is 0 Å². The molecule has 0 heterocycles. The average molecular weight is 300 g/mol. The molecule has 1 fully saturated rings. The Morgan fingerprint density at radius 2 is 1.90 bits per heavy atom. The first kappa shape index (κ1) is 18.4. The highest BCUT2D eigenvalue weighted by molar-refractivity contribution is 7.99. The largest absolute Gasteiger partial charge is 0.314 e. The van der Waals surface area contributed by atoms with Crippen LogP contribution in [0.4, 0.5) is 0 Å². The van der Waals surface area contributed by atoms with Crippen molar-refractivity contribution >= 4 is 11.8 Å². The minimum Gasteiger partial charge on any atom is -0.314 e. The molecular weight excluding hydrogens is 262 g/mol. The van der Waals surface area contributed by atoms with Gasteiger partial charge in [-0.2, -0.15) is 11.8 Å². The molecule has 1 aliphatic rings. The Kier molecular flexibility index (Phi) is 9.28. The summed E-state index contributed by atoms with van der Waals surface area (Å²) in [5.74, 6) is 3.66. The molecule has 0 spiro atoms. The molecule has 0 bridgehead atoms. The lowest BCUT2D eigenvalue weighted by Gasteiger charge is -2.41. The average Bonchev–Trinajstić information content (AvgIpc) is 2.45. The van der Waals surface area contributed by atoms with Crippen molar-refractivity contribution in [2.75, 3.05) is 18.1 Å². The molecule has 1 N–H and O–H groups in total. The summed E-state index contributed by atoms with van der Waals surface area (Å²) < 4.78 is 0. The highest BCUT2D eigenvalue weighted by atomic mass is 32.2. The van der Waals surface area contributed by atoms with E-state index in [4.69, 9.17) is 0 Å². The van der Waals surface area contributed by atoms with Gasteiger partial charge in [-0.05, 0) is 54.9 Å². The van der Waals surface area contributed by atoms with Crippen LogP contribution in [0.1, 0.15) is 79.1 Å². The second-order valence-corrected chi connectivity index (χ2v) is 8.46. The Hall–Kier alpha value is 0.310. The van der Waals surface area contributed by atoms with E-state index in [1.165, 1.54) is 69.4 Å². The zero-order valence-electron chi connectivity index (χ0n) is 14.3. The first-order chi connectivity index (χ1) is 9.62. The molecule has 1 rings (SSSR count). The van der Waals surface area contributed by atoms with E-state index in [1.807, 2.05) is 0 Å². The summed E-state index contributed by atoms with van der Waals surface area (Å²) in [5, 5.41) is 3.73. The molecule has 0 saturated heterocycles. The van der Waals surface area contributed by atoms with Gasteiger partial charge in [0.1, 0.15) is 0 Å². The Balaban J connectivity index is 2.43. The molecule has 120 valence electrons. The number of nitrogens with one attached hydrogen (secondary N) is 1. The third kappa shape index (κ3) is 6.85. The highest BCUT2D eigenvalue weighted by Crippen LogP contribution is 2.43. The lowest BCUT2D eigenvalue weighted by molar-refractivity contribution is 0.132. The highest BCUT2D eigenvalue weighted by Gasteiger charge is 2.34. The van der Waals surface area contributed by atoms with Crippen LogP contribution < -0.4 is 5.32 Å². The number of thioether (sulfide) groups is 1. The summed E-state index contributed by atoms with van der Waals surface area (Å²) in [6, 6.07) is 0.628. The summed E-state index contributed by atoms with van der Waals surface area (Å²) in [5.41, 5.74) is 0.606. The zero-order chi connectivity index (χ0) is 14.8. The first-order valence-electron chi connectivity index (χ1n) is 8.93. The van der Waals surface area contributed by atoms with Crippen LogP contribution in [0, 0.1) is 11.3 Å². The fraction of sp³-hybridized carbons (Fsp3) is 1.00. The van der Waals surface area contributed by atoms with Crippen LogP contribution in [0.15, 0.2) is 0 Å². The van der Waals surface area contributed by atoms with Crippen molar-refractivity contribution in [2.45, 2.75) is 85.1 Å². The van der Waals surface area contributed by atoms with Crippen molar-refractivity contribution < 1.29 is 0 Å². The molecule has 1 saturated carbocycles. The topological polar surface area (TPSA) is 12.0 Å². The van der Waals surface area contributed by atoms with Crippen molar-refractivity contribution in [1.82, 2.24) is 5.32 Å². The maximum absolute atomic E-state index is 3.73. The minimum absolute atomic E-state index is 0.606. The summed E-state index contributed by atoms with van der Waals surface area (Å²) in [6.07, 6.45) is 11.6. The van der Waals surface area contributed by atoms with Gasteiger partial charge in [0, 0.05) is 12.6 Å². The predicted molar refractivity (Wildman–Crippen MR) is 94.7 cm³/mol. The van der Waals surface area contributed by atoms with E-state index < -0.39 is 0 Å². The normalized spacial score (nSPS) is 27.1. The maximum atomic E-state index is 3.73. The van der Waals surface area contributed by atoms with Gasteiger partial charge in [0.05, 0.1) is 0 Å². The number of unbranched alkanes of at least 4 members (excludes halogenated alkanes) is 1. The quantitative estimate of drug-likeness (QED) is 0.535. The molecule has 0 radical (unpaired) electrons. The molecular formula is C18H37NS. The van der Waals surface area contributed by atoms with E-state index in [0.717, 1.165) is 5.92 Å². The van der Waals surface area contributed by atoms with E-state index in [2.05, 4.69) is 44.8 Å². The molecule has 0 aromatic carbocycles. The molecule has 1 aliphatic carbocycles. The molecule has 20 heavy (non-hydrogen) atoms. The molecule has 0 aromatic heterocycles. The monoisotopic (exact) mass is 299 g/mol. The smallest absolute Gasteiger partial charge is 0.00106 e. The SMILES string of the molecule is CCCCC1CCC(CCSCC)(CNC(C)C)CC1. The lowest BCUT2D eigenvalue weighted by atomic mass is 9.68. The van der Waals surface area contributed by atoms with E-state index in [-0.39, 0.29) is 0 Å².